The van der Waals surface area contributed by atoms with Crippen molar-refractivity contribution in [3.8, 4) is 11.4 Å². The van der Waals surface area contributed by atoms with Gasteiger partial charge in [0.15, 0.2) is 11.9 Å². The van der Waals surface area contributed by atoms with Crippen molar-refractivity contribution >= 4 is 23.2 Å². The van der Waals surface area contributed by atoms with Gasteiger partial charge in [-0.15, -0.1) is 10.2 Å². The SMILES string of the molecule is O=c1n(Cc2cn(C(CO)c3ccccc3Cl)nn2)nc(-c2ccc(Cl)cc2)n1CC(O)C(F)(F)F. The van der Waals surface area contributed by atoms with E-state index in [4.69, 9.17) is 23.2 Å². The zero-order valence-electron chi connectivity index (χ0n) is 18.3. The van der Waals surface area contributed by atoms with Crippen LogP contribution in [0, 0.1) is 0 Å². The van der Waals surface area contributed by atoms with Gasteiger partial charge in [-0.3, -0.25) is 4.57 Å². The van der Waals surface area contributed by atoms with Crippen LogP contribution in [0.3, 0.4) is 0 Å². The van der Waals surface area contributed by atoms with Crippen LogP contribution in [-0.2, 0) is 13.1 Å². The van der Waals surface area contributed by atoms with E-state index in [9.17, 15) is 28.2 Å². The molecule has 2 aromatic carbocycles. The third kappa shape index (κ3) is 5.46. The Balaban J connectivity index is 1.68. The van der Waals surface area contributed by atoms with Crippen LogP contribution >= 0.6 is 23.2 Å². The molecule has 0 radical (unpaired) electrons. The monoisotopic (exact) mass is 542 g/mol. The molecule has 9 nitrogen and oxygen atoms in total. The maximum atomic E-state index is 13.0. The van der Waals surface area contributed by atoms with E-state index in [0.29, 0.717) is 21.2 Å². The highest BCUT2D eigenvalue weighted by molar-refractivity contribution is 6.31. The smallest absolute Gasteiger partial charge is 0.394 e. The van der Waals surface area contributed by atoms with E-state index >= 15 is 0 Å². The second-order valence-electron chi connectivity index (χ2n) is 7.85. The van der Waals surface area contributed by atoms with Gasteiger partial charge >= 0.3 is 11.9 Å². The minimum atomic E-state index is -4.93. The average molecular weight is 543 g/mol. The predicted molar refractivity (Wildman–Crippen MR) is 125 cm³/mol. The van der Waals surface area contributed by atoms with Gasteiger partial charge in [0, 0.05) is 15.6 Å². The zero-order valence-corrected chi connectivity index (χ0v) is 19.9. The van der Waals surface area contributed by atoms with E-state index in [-0.39, 0.29) is 24.7 Å². The fraction of sp³-hybridized carbons (Fsp3) is 0.273. The van der Waals surface area contributed by atoms with Crippen molar-refractivity contribution in [2.24, 2.45) is 0 Å². The van der Waals surface area contributed by atoms with E-state index in [1.807, 2.05) is 0 Å². The number of aliphatic hydroxyl groups is 2. The summed E-state index contributed by atoms with van der Waals surface area (Å²) in [7, 11) is 0. The molecule has 4 rings (SSSR count). The molecule has 36 heavy (non-hydrogen) atoms. The maximum Gasteiger partial charge on any atom is 0.416 e. The fourth-order valence-electron chi connectivity index (χ4n) is 3.56. The number of alkyl halides is 3. The molecule has 0 amide bonds. The number of nitrogens with zero attached hydrogens (tertiary/aromatic N) is 6. The molecular formula is C22H19Cl2F3N6O3. The van der Waals surface area contributed by atoms with E-state index in [0.717, 1.165) is 9.25 Å². The molecule has 2 aromatic heterocycles. The van der Waals surface area contributed by atoms with Crippen molar-refractivity contribution in [1.82, 2.24) is 29.3 Å². The average Bonchev–Trinajstić information content (AvgIpc) is 3.41. The first kappa shape index (κ1) is 25.9. The fourth-order valence-corrected chi connectivity index (χ4v) is 3.95. The van der Waals surface area contributed by atoms with Gasteiger partial charge in [-0.2, -0.15) is 13.2 Å². The van der Waals surface area contributed by atoms with E-state index in [1.165, 1.54) is 35.1 Å². The van der Waals surface area contributed by atoms with Crippen molar-refractivity contribution < 1.29 is 23.4 Å². The maximum absolute atomic E-state index is 13.0. The summed E-state index contributed by atoms with van der Waals surface area (Å²) < 4.78 is 42.1. The highest BCUT2D eigenvalue weighted by Crippen LogP contribution is 2.26. The number of aromatic nitrogens is 6. The third-order valence-electron chi connectivity index (χ3n) is 5.38. The number of halogens is 5. The van der Waals surface area contributed by atoms with Crippen molar-refractivity contribution in [2.75, 3.05) is 6.61 Å². The van der Waals surface area contributed by atoms with Crippen LogP contribution < -0.4 is 5.69 Å². The molecule has 0 fully saturated rings. The number of aliphatic hydroxyl groups excluding tert-OH is 2. The zero-order chi connectivity index (χ0) is 26.0. The first-order valence-electron chi connectivity index (χ1n) is 10.5. The minimum absolute atomic E-state index is 0.0864. The summed E-state index contributed by atoms with van der Waals surface area (Å²) in [6.07, 6.45) is -6.23. The number of rotatable bonds is 8. The van der Waals surface area contributed by atoms with Gasteiger partial charge in [0.2, 0.25) is 0 Å². The van der Waals surface area contributed by atoms with Crippen molar-refractivity contribution in [2.45, 2.75) is 31.4 Å². The summed E-state index contributed by atoms with van der Waals surface area (Å²) in [5.41, 5.74) is 0.298. The topological polar surface area (TPSA) is 111 Å². The lowest BCUT2D eigenvalue weighted by atomic mass is 10.1. The van der Waals surface area contributed by atoms with Gasteiger partial charge in [0.1, 0.15) is 11.7 Å². The highest BCUT2D eigenvalue weighted by Gasteiger charge is 2.39. The summed E-state index contributed by atoms with van der Waals surface area (Å²) in [6.45, 7) is -1.61. The Morgan fingerprint density at radius 3 is 2.39 bits per heavy atom. The molecule has 14 heteroatoms. The van der Waals surface area contributed by atoms with Gasteiger partial charge < -0.3 is 10.2 Å². The van der Waals surface area contributed by atoms with Crippen LogP contribution in [0.1, 0.15) is 17.3 Å². The van der Waals surface area contributed by atoms with Crippen molar-refractivity contribution in [3.05, 3.63) is 86.5 Å². The predicted octanol–water partition coefficient (Wildman–Crippen LogP) is 3.16. The Hall–Kier alpha value is -3.19. The van der Waals surface area contributed by atoms with E-state index < -0.39 is 30.6 Å². The summed E-state index contributed by atoms with van der Waals surface area (Å²) in [4.78, 5) is 13.0. The molecule has 2 N–H and O–H groups in total. The summed E-state index contributed by atoms with van der Waals surface area (Å²) in [5, 5.41) is 32.5. The summed E-state index contributed by atoms with van der Waals surface area (Å²) >= 11 is 12.1. The molecule has 0 bridgehead atoms. The quantitative estimate of drug-likeness (QED) is 0.354. The Kier molecular flexibility index (Phi) is 7.50. The minimum Gasteiger partial charge on any atom is -0.394 e. The number of benzene rings is 2. The first-order chi connectivity index (χ1) is 17.1. The van der Waals surface area contributed by atoms with Gasteiger partial charge in [-0.1, -0.05) is 46.6 Å². The first-order valence-corrected chi connectivity index (χ1v) is 11.3. The molecule has 190 valence electrons. The summed E-state index contributed by atoms with van der Waals surface area (Å²) in [5.74, 6) is -0.0864. The second-order valence-corrected chi connectivity index (χ2v) is 8.69. The molecular weight excluding hydrogens is 524 g/mol. The van der Waals surface area contributed by atoms with Gasteiger partial charge in [-0.05, 0) is 35.9 Å². The van der Waals surface area contributed by atoms with Crippen molar-refractivity contribution in [3.63, 3.8) is 0 Å². The van der Waals surface area contributed by atoms with Crippen molar-refractivity contribution in [1.29, 1.82) is 0 Å². The third-order valence-corrected chi connectivity index (χ3v) is 5.98. The molecule has 0 aliphatic rings. The molecule has 4 aromatic rings. The lowest BCUT2D eigenvalue weighted by Gasteiger charge is -2.15. The molecule has 0 spiro atoms. The molecule has 2 atom stereocenters. The lowest BCUT2D eigenvalue weighted by molar-refractivity contribution is -0.207. The van der Waals surface area contributed by atoms with Gasteiger partial charge in [0.25, 0.3) is 0 Å². The lowest BCUT2D eigenvalue weighted by Crippen LogP contribution is -2.37. The van der Waals surface area contributed by atoms with E-state index in [2.05, 4.69) is 15.4 Å². The standard InChI is InChI=1S/C22H19Cl2F3N6O3/c23-14-7-5-13(6-8-14)20-29-33(21(36)31(20)11-19(35)22(25,26)27)10-15-9-32(30-28-15)18(12-34)16-3-1-2-4-17(16)24/h1-9,18-19,34-35H,10-12H2. The largest absolute Gasteiger partial charge is 0.416 e. The molecule has 0 saturated heterocycles. The summed E-state index contributed by atoms with van der Waals surface area (Å²) in [6, 6.07) is 12.2. The Morgan fingerprint density at radius 1 is 1.06 bits per heavy atom. The van der Waals surface area contributed by atoms with Crippen LogP contribution in [0.25, 0.3) is 11.4 Å². The van der Waals surface area contributed by atoms with Gasteiger partial charge in [-0.25, -0.2) is 14.2 Å². The Morgan fingerprint density at radius 2 is 1.75 bits per heavy atom. The number of hydrogen-bond acceptors (Lipinski definition) is 6. The Labute approximate surface area is 211 Å². The van der Waals surface area contributed by atoms with E-state index in [1.54, 1.807) is 24.3 Å². The second kappa shape index (κ2) is 10.4. The van der Waals surface area contributed by atoms with Crippen LogP contribution in [0.2, 0.25) is 10.0 Å². The molecule has 0 aliphatic heterocycles. The highest BCUT2D eigenvalue weighted by atomic mass is 35.5. The molecule has 2 unspecified atom stereocenters. The van der Waals surface area contributed by atoms with Crippen LogP contribution in [0.4, 0.5) is 13.2 Å². The normalized spacial score (nSPS) is 13.6. The van der Waals surface area contributed by atoms with Crippen LogP contribution in [-0.4, -0.2) is 58.4 Å². The van der Waals surface area contributed by atoms with Crippen LogP contribution in [0.5, 0.6) is 0 Å². The van der Waals surface area contributed by atoms with Crippen LogP contribution in [0.15, 0.2) is 59.5 Å². The Bertz CT molecular complexity index is 1400. The molecule has 0 saturated carbocycles. The van der Waals surface area contributed by atoms with Gasteiger partial charge in [0.05, 0.1) is 25.9 Å². The molecule has 0 aliphatic carbocycles. The number of hydrogen-bond donors (Lipinski definition) is 2. The molecule has 2 heterocycles.